The van der Waals surface area contributed by atoms with E-state index in [2.05, 4.69) is 29.5 Å². The number of hydrogen-bond donors (Lipinski definition) is 3. The summed E-state index contributed by atoms with van der Waals surface area (Å²) in [6, 6.07) is 1.47. The number of nitrogens with two attached hydrogens (primary N) is 1. The number of amides is 1. The highest BCUT2D eigenvalue weighted by atomic mass is 16.2. The minimum atomic E-state index is -0.360. The first-order valence-electron chi connectivity index (χ1n) is 6.16. The fraction of sp³-hybridized carbons (Fsp3) is 0.538. The second-order valence-electron chi connectivity index (χ2n) is 4.96. The van der Waals surface area contributed by atoms with E-state index in [1.165, 1.54) is 0 Å². The molecule has 1 atom stereocenters. The molecule has 0 saturated carbocycles. The van der Waals surface area contributed by atoms with Gasteiger partial charge in [0.2, 0.25) is 5.91 Å². The van der Waals surface area contributed by atoms with Crippen LogP contribution in [0.3, 0.4) is 0 Å². The van der Waals surface area contributed by atoms with Gasteiger partial charge in [0.25, 0.3) is 0 Å². The van der Waals surface area contributed by atoms with Crippen molar-refractivity contribution < 1.29 is 4.79 Å². The number of carbonyl (C=O) groups is 1. The highest BCUT2D eigenvalue weighted by Gasteiger charge is 2.14. The van der Waals surface area contributed by atoms with Crippen LogP contribution in [0.2, 0.25) is 0 Å². The van der Waals surface area contributed by atoms with Gasteiger partial charge in [-0.25, -0.2) is 4.98 Å². The van der Waals surface area contributed by atoms with Crippen molar-refractivity contribution in [3.63, 3.8) is 0 Å². The van der Waals surface area contributed by atoms with Crippen LogP contribution in [0.5, 0.6) is 0 Å². The predicted molar refractivity (Wildman–Crippen MR) is 74.3 cm³/mol. The monoisotopic (exact) mass is 250 g/mol. The standard InChI is InChI=1S/C13H22N4O/c1-8(2)6-16-13(18)10(4)17-12-11(14)5-9(3)7-15-12/h5,7-8,10H,6,14H2,1-4H3,(H,15,17)(H,16,18). The lowest BCUT2D eigenvalue weighted by Crippen LogP contribution is -2.39. The van der Waals surface area contributed by atoms with Crippen molar-refractivity contribution in [2.75, 3.05) is 17.6 Å². The molecule has 0 fully saturated rings. The normalized spacial score (nSPS) is 12.3. The van der Waals surface area contributed by atoms with Gasteiger partial charge >= 0.3 is 0 Å². The molecule has 1 amide bonds. The lowest BCUT2D eigenvalue weighted by atomic mass is 10.2. The van der Waals surface area contributed by atoms with Crippen molar-refractivity contribution in [3.05, 3.63) is 17.8 Å². The van der Waals surface area contributed by atoms with Gasteiger partial charge in [-0.15, -0.1) is 0 Å². The third kappa shape index (κ3) is 4.24. The lowest BCUT2D eigenvalue weighted by molar-refractivity contribution is -0.121. The third-order valence-corrected chi connectivity index (χ3v) is 2.48. The Hall–Kier alpha value is -1.78. The van der Waals surface area contributed by atoms with Crippen LogP contribution in [0.25, 0.3) is 0 Å². The Morgan fingerprint density at radius 1 is 1.44 bits per heavy atom. The SMILES string of the molecule is Cc1cnc(NC(C)C(=O)NCC(C)C)c(N)c1. The minimum Gasteiger partial charge on any atom is -0.396 e. The average molecular weight is 250 g/mol. The Morgan fingerprint density at radius 3 is 2.67 bits per heavy atom. The van der Waals surface area contributed by atoms with E-state index in [4.69, 9.17) is 5.73 Å². The number of aryl methyl sites for hydroxylation is 1. The maximum absolute atomic E-state index is 11.8. The molecular formula is C13H22N4O. The summed E-state index contributed by atoms with van der Waals surface area (Å²) in [4.78, 5) is 16.0. The maximum Gasteiger partial charge on any atom is 0.242 e. The molecule has 0 bridgehead atoms. The second kappa shape index (κ2) is 6.23. The lowest BCUT2D eigenvalue weighted by Gasteiger charge is -2.16. The summed E-state index contributed by atoms with van der Waals surface area (Å²) in [6.45, 7) is 8.49. The van der Waals surface area contributed by atoms with Gasteiger partial charge in [-0.05, 0) is 31.4 Å². The highest BCUT2D eigenvalue weighted by Crippen LogP contribution is 2.16. The molecule has 4 N–H and O–H groups in total. The average Bonchev–Trinajstić information content (AvgIpc) is 2.29. The van der Waals surface area contributed by atoms with Gasteiger partial charge in [0, 0.05) is 12.7 Å². The Bertz CT molecular complexity index is 417. The summed E-state index contributed by atoms with van der Waals surface area (Å²) >= 11 is 0. The van der Waals surface area contributed by atoms with E-state index in [1.54, 1.807) is 13.1 Å². The molecule has 0 aliphatic rings. The summed E-state index contributed by atoms with van der Waals surface area (Å²) in [6.07, 6.45) is 1.72. The van der Waals surface area contributed by atoms with Crippen molar-refractivity contribution in [1.29, 1.82) is 0 Å². The summed E-state index contributed by atoms with van der Waals surface area (Å²) in [5.74, 6) is 0.932. The zero-order valence-electron chi connectivity index (χ0n) is 11.4. The number of pyridine rings is 1. The van der Waals surface area contributed by atoms with Gasteiger partial charge in [-0.1, -0.05) is 13.8 Å². The van der Waals surface area contributed by atoms with Gasteiger partial charge in [0.15, 0.2) is 0 Å². The van der Waals surface area contributed by atoms with E-state index in [0.717, 1.165) is 5.56 Å². The molecule has 0 aromatic carbocycles. The number of anilines is 2. The Balaban J connectivity index is 2.58. The summed E-state index contributed by atoms with van der Waals surface area (Å²) in [5.41, 5.74) is 7.38. The molecule has 1 unspecified atom stereocenters. The zero-order valence-corrected chi connectivity index (χ0v) is 11.4. The van der Waals surface area contributed by atoms with Crippen LogP contribution in [0.4, 0.5) is 11.5 Å². The molecule has 1 rings (SSSR count). The molecule has 0 spiro atoms. The number of aromatic nitrogens is 1. The molecular weight excluding hydrogens is 228 g/mol. The fourth-order valence-electron chi connectivity index (χ4n) is 1.44. The summed E-state index contributed by atoms with van der Waals surface area (Å²) in [7, 11) is 0. The van der Waals surface area contributed by atoms with Gasteiger partial charge in [-0.2, -0.15) is 0 Å². The molecule has 100 valence electrons. The van der Waals surface area contributed by atoms with Crippen LogP contribution >= 0.6 is 0 Å². The first-order valence-corrected chi connectivity index (χ1v) is 6.16. The molecule has 0 aliphatic heterocycles. The molecule has 1 heterocycles. The van der Waals surface area contributed by atoms with Crippen LogP contribution in [-0.4, -0.2) is 23.5 Å². The molecule has 0 aliphatic carbocycles. The number of carbonyl (C=O) groups excluding carboxylic acids is 1. The van der Waals surface area contributed by atoms with Gasteiger partial charge in [0.05, 0.1) is 5.69 Å². The van der Waals surface area contributed by atoms with Crippen molar-refractivity contribution >= 4 is 17.4 Å². The number of nitrogens with one attached hydrogen (secondary N) is 2. The van der Waals surface area contributed by atoms with Gasteiger partial charge in [-0.3, -0.25) is 4.79 Å². The predicted octanol–water partition coefficient (Wildman–Crippen LogP) is 1.54. The van der Waals surface area contributed by atoms with Crippen molar-refractivity contribution in [3.8, 4) is 0 Å². The summed E-state index contributed by atoms with van der Waals surface area (Å²) in [5, 5.41) is 5.88. The van der Waals surface area contributed by atoms with Crippen molar-refractivity contribution in [2.45, 2.75) is 33.7 Å². The molecule has 5 nitrogen and oxygen atoms in total. The highest BCUT2D eigenvalue weighted by molar-refractivity contribution is 5.84. The smallest absolute Gasteiger partial charge is 0.242 e. The largest absolute Gasteiger partial charge is 0.396 e. The number of nitrogens with zero attached hydrogens (tertiary/aromatic N) is 1. The van der Waals surface area contributed by atoms with E-state index in [1.807, 2.05) is 13.0 Å². The topological polar surface area (TPSA) is 80.0 Å². The molecule has 1 aromatic heterocycles. The van der Waals surface area contributed by atoms with E-state index in [-0.39, 0.29) is 11.9 Å². The minimum absolute atomic E-state index is 0.0505. The maximum atomic E-state index is 11.8. The van der Waals surface area contributed by atoms with E-state index in [9.17, 15) is 4.79 Å². The van der Waals surface area contributed by atoms with Gasteiger partial charge in [0.1, 0.15) is 11.9 Å². The van der Waals surface area contributed by atoms with Crippen molar-refractivity contribution in [1.82, 2.24) is 10.3 Å². The first kappa shape index (κ1) is 14.3. The van der Waals surface area contributed by atoms with Crippen LogP contribution in [0.1, 0.15) is 26.3 Å². The summed E-state index contributed by atoms with van der Waals surface area (Å²) < 4.78 is 0. The second-order valence-corrected chi connectivity index (χ2v) is 4.96. The van der Waals surface area contributed by atoms with E-state index >= 15 is 0 Å². The molecule has 0 saturated heterocycles. The zero-order chi connectivity index (χ0) is 13.7. The number of rotatable bonds is 5. The molecule has 0 radical (unpaired) electrons. The fourth-order valence-corrected chi connectivity index (χ4v) is 1.44. The van der Waals surface area contributed by atoms with Crippen molar-refractivity contribution in [2.24, 2.45) is 5.92 Å². The Kier molecular flexibility index (Phi) is 4.95. The van der Waals surface area contributed by atoms with E-state index < -0.39 is 0 Å². The van der Waals surface area contributed by atoms with E-state index in [0.29, 0.717) is 24.0 Å². The first-order chi connectivity index (χ1) is 8.40. The third-order valence-electron chi connectivity index (χ3n) is 2.48. The molecule has 18 heavy (non-hydrogen) atoms. The number of hydrogen-bond acceptors (Lipinski definition) is 4. The molecule has 5 heteroatoms. The Labute approximate surface area is 108 Å². The van der Waals surface area contributed by atoms with Gasteiger partial charge < -0.3 is 16.4 Å². The quantitative estimate of drug-likeness (QED) is 0.740. The van der Waals surface area contributed by atoms with Crippen LogP contribution in [0, 0.1) is 12.8 Å². The van der Waals surface area contributed by atoms with Crippen LogP contribution in [-0.2, 0) is 4.79 Å². The van der Waals surface area contributed by atoms with Crippen LogP contribution < -0.4 is 16.4 Å². The number of nitrogen functional groups attached to an aromatic ring is 1. The molecule has 1 aromatic rings. The Morgan fingerprint density at radius 2 is 2.11 bits per heavy atom. The van der Waals surface area contributed by atoms with Crippen LogP contribution in [0.15, 0.2) is 12.3 Å².